The van der Waals surface area contributed by atoms with Crippen LogP contribution in [-0.2, 0) is 26.3 Å². The van der Waals surface area contributed by atoms with Crippen LogP contribution >= 0.6 is 0 Å². The Morgan fingerprint density at radius 1 is 1.32 bits per heavy atom. The molecular formula is C16H21N3. The topological polar surface area (TPSA) is 43.8 Å². The van der Waals surface area contributed by atoms with Gasteiger partial charge in [-0.3, -0.25) is 4.68 Å². The van der Waals surface area contributed by atoms with Gasteiger partial charge in [-0.15, -0.1) is 0 Å². The molecule has 2 N–H and O–H groups in total. The number of fused-ring (bicyclic) bond motifs is 1. The summed E-state index contributed by atoms with van der Waals surface area (Å²) in [5, 5.41) is 4.27. The van der Waals surface area contributed by atoms with Gasteiger partial charge in [-0.1, -0.05) is 18.2 Å². The Kier molecular flexibility index (Phi) is 3.15. The highest BCUT2D eigenvalue weighted by Gasteiger charge is 2.15. The zero-order valence-corrected chi connectivity index (χ0v) is 11.7. The summed E-state index contributed by atoms with van der Waals surface area (Å²) in [5.74, 6) is 0. The molecule has 3 heteroatoms. The van der Waals surface area contributed by atoms with Crippen molar-refractivity contribution < 1.29 is 0 Å². The third-order valence-electron chi connectivity index (χ3n) is 4.29. The van der Waals surface area contributed by atoms with Gasteiger partial charge in [0.1, 0.15) is 0 Å². The van der Waals surface area contributed by atoms with E-state index in [1.54, 1.807) is 0 Å². The minimum absolute atomic E-state index is 0.0353. The van der Waals surface area contributed by atoms with Crippen LogP contribution in [0.15, 0.2) is 24.4 Å². The lowest BCUT2D eigenvalue weighted by Crippen LogP contribution is -2.14. The molecule has 0 spiro atoms. The van der Waals surface area contributed by atoms with Gasteiger partial charge in [0.15, 0.2) is 0 Å². The summed E-state index contributed by atoms with van der Waals surface area (Å²) in [6.07, 6.45) is 6.55. The second-order valence-corrected chi connectivity index (χ2v) is 5.58. The number of benzene rings is 1. The van der Waals surface area contributed by atoms with Crippen molar-refractivity contribution in [3.05, 3.63) is 52.3 Å². The molecule has 1 aliphatic carbocycles. The van der Waals surface area contributed by atoms with Crippen LogP contribution in [0.2, 0.25) is 0 Å². The van der Waals surface area contributed by atoms with E-state index in [0.29, 0.717) is 0 Å². The van der Waals surface area contributed by atoms with Crippen LogP contribution in [-0.4, -0.2) is 9.78 Å². The molecular weight excluding hydrogens is 234 g/mol. The summed E-state index contributed by atoms with van der Waals surface area (Å²) in [6.45, 7) is 2.07. The third kappa shape index (κ3) is 2.30. The summed E-state index contributed by atoms with van der Waals surface area (Å²) < 4.78 is 1.89. The third-order valence-corrected chi connectivity index (χ3v) is 4.29. The first-order valence-electron chi connectivity index (χ1n) is 7.00. The quantitative estimate of drug-likeness (QED) is 0.915. The molecule has 0 saturated heterocycles. The molecule has 0 amide bonds. The molecule has 1 aromatic heterocycles. The highest BCUT2D eigenvalue weighted by atomic mass is 15.3. The lowest BCUT2D eigenvalue weighted by molar-refractivity contribution is 0.700. The number of aromatic nitrogens is 2. The first-order chi connectivity index (χ1) is 9.15. The lowest BCUT2D eigenvalue weighted by atomic mass is 9.97. The van der Waals surface area contributed by atoms with Crippen LogP contribution in [0.5, 0.6) is 0 Å². The number of hydrogen-bond donors (Lipinski definition) is 1. The van der Waals surface area contributed by atoms with E-state index in [9.17, 15) is 0 Å². The van der Waals surface area contributed by atoms with Crippen molar-refractivity contribution in [3.63, 3.8) is 0 Å². The van der Waals surface area contributed by atoms with Gasteiger partial charge in [-0.2, -0.15) is 5.10 Å². The van der Waals surface area contributed by atoms with Gasteiger partial charge < -0.3 is 5.73 Å². The van der Waals surface area contributed by atoms with Crippen molar-refractivity contribution in [1.29, 1.82) is 0 Å². The predicted octanol–water partition coefficient (Wildman–Crippen LogP) is 2.46. The molecule has 0 fully saturated rings. The van der Waals surface area contributed by atoms with E-state index in [2.05, 4.69) is 30.2 Å². The largest absolute Gasteiger partial charge is 0.324 e. The number of nitrogens with zero attached hydrogens (tertiary/aromatic N) is 2. The summed E-state index contributed by atoms with van der Waals surface area (Å²) in [4.78, 5) is 0. The molecule has 0 aliphatic heterocycles. The van der Waals surface area contributed by atoms with E-state index in [-0.39, 0.29) is 6.04 Å². The minimum atomic E-state index is 0.0353. The average molecular weight is 255 g/mol. The molecule has 1 atom stereocenters. The van der Waals surface area contributed by atoms with Gasteiger partial charge in [-0.25, -0.2) is 0 Å². The molecule has 3 nitrogen and oxygen atoms in total. The highest BCUT2D eigenvalue weighted by Crippen LogP contribution is 2.25. The fourth-order valence-corrected chi connectivity index (χ4v) is 3.00. The fraction of sp³-hybridized carbons (Fsp3) is 0.438. The molecule has 1 heterocycles. The van der Waals surface area contributed by atoms with Crippen molar-refractivity contribution in [2.24, 2.45) is 12.8 Å². The zero-order chi connectivity index (χ0) is 13.4. The Morgan fingerprint density at radius 3 is 2.84 bits per heavy atom. The Morgan fingerprint density at radius 2 is 2.11 bits per heavy atom. The maximum atomic E-state index is 6.33. The minimum Gasteiger partial charge on any atom is -0.324 e. The molecule has 100 valence electrons. The lowest BCUT2D eigenvalue weighted by Gasteiger charge is -2.12. The zero-order valence-electron chi connectivity index (χ0n) is 11.7. The second kappa shape index (κ2) is 4.82. The molecule has 1 aromatic carbocycles. The number of rotatable bonds is 3. The summed E-state index contributed by atoms with van der Waals surface area (Å²) in [5.41, 5.74) is 13.0. The van der Waals surface area contributed by atoms with Crippen LogP contribution in [0.25, 0.3) is 0 Å². The van der Waals surface area contributed by atoms with Crippen LogP contribution in [0.4, 0.5) is 0 Å². The molecule has 2 aromatic rings. The van der Waals surface area contributed by atoms with Crippen LogP contribution in [0.3, 0.4) is 0 Å². The van der Waals surface area contributed by atoms with Crippen molar-refractivity contribution in [2.45, 2.75) is 38.6 Å². The second-order valence-electron chi connectivity index (χ2n) is 5.58. The van der Waals surface area contributed by atoms with E-state index in [4.69, 9.17) is 5.73 Å². The molecule has 1 aliphatic rings. The smallest absolute Gasteiger partial charge is 0.0540 e. The first-order valence-corrected chi connectivity index (χ1v) is 7.00. The average Bonchev–Trinajstić information content (AvgIpc) is 2.97. The van der Waals surface area contributed by atoms with E-state index >= 15 is 0 Å². The molecule has 0 bridgehead atoms. The van der Waals surface area contributed by atoms with Crippen LogP contribution in [0.1, 0.15) is 40.4 Å². The standard InChI is InChI=1S/C16H21N3/c1-11-15(10-18-19(11)2)16(17)9-12-6-7-13-4-3-5-14(13)8-12/h6-8,10,16H,3-5,9,17H2,1-2H3. The van der Waals surface area contributed by atoms with Gasteiger partial charge in [0.2, 0.25) is 0 Å². The molecule has 0 saturated carbocycles. The van der Waals surface area contributed by atoms with Crippen LogP contribution in [0, 0.1) is 6.92 Å². The Bertz CT molecular complexity index is 598. The molecule has 3 rings (SSSR count). The molecule has 19 heavy (non-hydrogen) atoms. The van der Waals surface area contributed by atoms with Gasteiger partial charge in [0, 0.05) is 24.3 Å². The van der Waals surface area contributed by atoms with Crippen LogP contribution < -0.4 is 5.73 Å². The monoisotopic (exact) mass is 255 g/mol. The Labute approximate surface area is 114 Å². The maximum Gasteiger partial charge on any atom is 0.0540 e. The van der Waals surface area contributed by atoms with Crippen molar-refractivity contribution in [1.82, 2.24) is 9.78 Å². The van der Waals surface area contributed by atoms with Crippen molar-refractivity contribution in [2.75, 3.05) is 0 Å². The first kappa shape index (κ1) is 12.4. The summed E-state index contributed by atoms with van der Waals surface area (Å²) in [7, 11) is 1.96. The summed E-state index contributed by atoms with van der Waals surface area (Å²) >= 11 is 0. The van der Waals surface area contributed by atoms with Crippen molar-refractivity contribution in [3.8, 4) is 0 Å². The predicted molar refractivity (Wildman–Crippen MR) is 77.0 cm³/mol. The van der Waals surface area contributed by atoms with Gasteiger partial charge in [-0.05, 0) is 49.3 Å². The summed E-state index contributed by atoms with van der Waals surface area (Å²) in [6, 6.07) is 6.89. The number of hydrogen-bond acceptors (Lipinski definition) is 2. The number of aryl methyl sites for hydroxylation is 3. The van der Waals surface area contributed by atoms with Gasteiger partial charge >= 0.3 is 0 Å². The SMILES string of the molecule is Cc1c(C(N)Cc2ccc3c(c2)CCC3)cnn1C. The normalized spacial score (nSPS) is 15.5. The number of nitrogens with two attached hydrogens (primary N) is 1. The molecule has 0 radical (unpaired) electrons. The van der Waals surface area contributed by atoms with Crippen molar-refractivity contribution >= 4 is 0 Å². The van der Waals surface area contributed by atoms with Gasteiger partial charge in [0.05, 0.1) is 6.20 Å². The van der Waals surface area contributed by atoms with E-state index in [1.165, 1.54) is 36.0 Å². The Hall–Kier alpha value is -1.61. The fourth-order valence-electron chi connectivity index (χ4n) is 3.00. The van der Waals surface area contributed by atoms with E-state index in [0.717, 1.165) is 17.7 Å². The van der Waals surface area contributed by atoms with E-state index in [1.807, 2.05) is 17.9 Å². The Balaban J connectivity index is 1.79. The van der Waals surface area contributed by atoms with Gasteiger partial charge in [0.25, 0.3) is 0 Å². The highest BCUT2D eigenvalue weighted by molar-refractivity contribution is 5.36. The molecule has 1 unspecified atom stereocenters. The van der Waals surface area contributed by atoms with E-state index < -0.39 is 0 Å². The maximum absolute atomic E-state index is 6.33.